The minimum atomic E-state index is 0.423. The third-order valence-corrected chi connectivity index (χ3v) is 3.87. The first-order chi connectivity index (χ1) is 10.2. The predicted octanol–water partition coefficient (Wildman–Crippen LogP) is 4.20. The Kier molecular flexibility index (Phi) is 5.82. The average molecular weight is 283 g/mol. The second-order valence-corrected chi connectivity index (χ2v) is 5.60. The van der Waals surface area contributed by atoms with Gasteiger partial charge in [-0.25, -0.2) is 0 Å². The van der Waals surface area contributed by atoms with Gasteiger partial charge in [-0.05, 0) is 68.0 Å². The molecule has 0 radical (unpaired) electrons. The maximum Gasteiger partial charge on any atom is 0.119 e. The van der Waals surface area contributed by atoms with Crippen LogP contribution in [0.1, 0.15) is 35.4 Å². The Morgan fingerprint density at radius 2 is 1.86 bits per heavy atom. The van der Waals surface area contributed by atoms with Crippen molar-refractivity contribution in [3.8, 4) is 5.75 Å². The Hall–Kier alpha value is -1.80. The normalized spacial score (nSPS) is 12.1. The third-order valence-electron chi connectivity index (χ3n) is 3.87. The third kappa shape index (κ3) is 4.61. The van der Waals surface area contributed by atoms with E-state index >= 15 is 0 Å². The van der Waals surface area contributed by atoms with Gasteiger partial charge < -0.3 is 10.5 Å². The van der Waals surface area contributed by atoms with Crippen LogP contribution in [0.5, 0.6) is 5.75 Å². The quantitative estimate of drug-likeness (QED) is 0.773. The molecule has 1 atom stereocenters. The molecule has 0 saturated heterocycles. The highest BCUT2D eigenvalue weighted by molar-refractivity contribution is 5.29. The second kappa shape index (κ2) is 7.84. The molecular weight excluding hydrogens is 258 g/mol. The van der Waals surface area contributed by atoms with E-state index in [2.05, 4.69) is 50.2 Å². The van der Waals surface area contributed by atoms with Gasteiger partial charge in [-0.15, -0.1) is 0 Å². The number of ether oxygens (including phenoxy) is 1. The van der Waals surface area contributed by atoms with E-state index in [0.717, 1.165) is 25.2 Å². The second-order valence-electron chi connectivity index (χ2n) is 5.60. The lowest BCUT2D eigenvalue weighted by molar-refractivity contribution is 0.301. The molecule has 0 spiro atoms. The highest BCUT2D eigenvalue weighted by Gasteiger charge is 2.11. The molecule has 0 aliphatic carbocycles. The zero-order valence-corrected chi connectivity index (χ0v) is 13.0. The lowest BCUT2D eigenvalue weighted by Gasteiger charge is -2.17. The fraction of sp³-hybridized carbons (Fsp3) is 0.368. The molecule has 2 aromatic carbocycles. The van der Waals surface area contributed by atoms with E-state index in [1.807, 2.05) is 12.1 Å². The van der Waals surface area contributed by atoms with Crippen LogP contribution < -0.4 is 10.5 Å². The monoisotopic (exact) mass is 283 g/mol. The summed E-state index contributed by atoms with van der Waals surface area (Å²) in [5.41, 5.74) is 9.87. The Balaban J connectivity index is 1.83. The highest BCUT2D eigenvalue weighted by atomic mass is 16.5. The molecule has 0 aromatic heterocycles. The molecule has 0 fully saturated rings. The van der Waals surface area contributed by atoms with Gasteiger partial charge in [0.1, 0.15) is 5.75 Å². The van der Waals surface area contributed by atoms with Gasteiger partial charge in [0.05, 0.1) is 6.61 Å². The van der Waals surface area contributed by atoms with E-state index < -0.39 is 0 Å². The van der Waals surface area contributed by atoms with Crippen molar-refractivity contribution in [3.05, 3.63) is 65.2 Å². The Bertz CT molecular complexity index is 565. The first kappa shape index (κ1) is 15.6. The van der Waals surface area contributed by atoms with E-state index in [1.165, 1.54) is 16.7 Å². The first-order valence-corrected chi connectivity index (χ1v) is 7.65. The van der Waals surface area contributed by atoms with Crippen molar-refractivity contribution in [2.24, 2.45) is 5.73 Å². The van der Waals surface area contributed by atoms with E-state index in [1.54, 1.807) is 0 Å². The maximum atomic E-state index is 5.95. The predicted molar refractivity (Wildman–Crippen MR) is 88.9 cm³/mol. The van der Waals surface area contributed by atoms with Gasteiger partial charge in [-0.1, -0.05) is 36.4 Å². The zero-order chi connectivity index (χ0) is 15.1. The fourth-order valence-corrected chi connectivity index (χ4v) is 2.67. The lowest BCUT2D eigenvalue weighted by Crippen LogP contribution is -2.14. The first-order valence-electron chi connectivity index (χ1n) is 7.65. The Morgan fingerprint density at radius 3 is 2.57 bits per heavy atom. The minimum absolute atomic E-state index is 0.423. The smallest absolute Gasteiger partial charge is 0.119 e. The van der Waals surface area contributed by atoms with E-state index in [4.69, 9.17) is 10.5 Å². The van der Waals surface area contributed by atoms with Gasteiger partial charge in [0.25, 0.3) is 0 Å². The molecule has 0 bridgehead atoms. The molecule has 0 heterocycles. The van der Waals surface area contributed by atoms with E-state index in [-0.39, 0.29) is 0 Å². The molecule has 0 amide bonds. The molecule has 21 heavy (non-hydrogen) atoms. The molecule has 2 rings (SSSR count). The van der Waals surface area contributed by atoms with Crippen molar-refractivity contribution in [2.45, 2.75) is 32.6 Å². The van der Waals surface area contributed by atoms with Crippen LogP contribution in [0.15, 0.2) is 48.5 Å². The summed E-state index contributed by atoms with van der Waals surface area (Å²) in [6.45, 7) is 5.66. The summed E-state index contributed by atoms with van der Waals surface area (Å²) in [7, 11) is 0. The minimum Gasteiger partial charge on any atom is -0.494 e. The van der Waals surface area contributed by atoms with Crippen LogP contribution in [0, 0.1) is 13.8 Å². The number of hydrogen-bond acceptors (Lipinski definition) is 2. The summed E-state index contributed by atoms with van der Waals surface area (Å²) in [6.07, 6.45) is 2.08. The van der Waals surface area contributed by atoms with Gasteiger partial charge >= 0.3 is 0 Å². The lowest BCUT2D eigenvalue weighted by atomic mass is 9.91. The molecule has 0 aliphatic rings. The Labute approximate surface area is 127 Å². The van der Waals surface area contributed by atoms with Crippen molar-refractivity contribution in [2.75, 3.05) is 13.2 Å². The van der Waals surface area contributed by atoms with Crippen LogP contribution >= 0.6 is 0 Å². The zero-order valence-electron chi connectivity index (χ0n) is 13.0. The fourth-order valence-electron chi connectivity index (χ4n) is 2.67. The highest BCUT2D eigenvalue weighted by Crippen LogP contribution is 2.23. The van der Waals surface area contributed by atoms with Crippen LogP contribution in [0.25, 0.3) is 0 Å². The van der Waals surface area contributed by atoms with Crippen molar-refractivity contribution in [1.29, 1.82) is 0 Å². The van der Waals surface area contributed by atoms with Crippen LogP contribution in [-0.2, 0) is 0 Å². The standard InChI is InChI=1S/C19H25NO/c1-15-7-5-10-18(13-15)21-12-6-9-17(14-20)19-11-4-3-8-16(19)2/h3-5,7-8,10-11,13,17H,6,9,12,14,20H2,1-2H3. The number of nitrogens with two attached hydrogens (primary N) is 1. The molecule has 0 aliphatic heterocycles. The molecule has 2 N–H and O–H groups in total. The average Bonchev–Trinajstić information content (AvgIpc) is 2.49. The van der Waals surface area contributed by atoms with Crippen molar-refractivity contribution in [1.82, 2.24) is 0 Å². The molecular formula is C19H25NO. The summed E-state index contributed by atoms with van der Waals surface area (Å²) in [6, 6.07) is 16.7. The molecule has 112 valence electrons. The SMILES string of the molecule is Cc1cccc(OCCCC(CN)c2ccccc2C)c1. The number of hydrogen-bond donors (Lipinski definition) is 1. The Morgan fingerprint density at radius 1 is 1.05 bits per heavy atom. The van der Waals surface area contributed by atoms with Gasteiger partial charge in [0.2, 0.25) is 0 Å². The number of benzene rings is 2. The topological polar surface area (TPSA) is 35.2 Å². The van der Waals surface area contributed by atoms with Crippen molar-refractivity contribution >= 4 is 0 Å². The van der Waals surface area contributed by atoms with Gasteiger partial charge in [0, 0.05) is 0 Å². The summed E-state index contributed by atoms with van der Waals surface area (Å²) in [5, 5.41) is 0. The molecule has 2 nitrogen and oxygen atoms in total. The summed E-state index contributed by atoms with van der Waals surface area (Å²) < 4.78 is 5.81. The van der Waals surface area contributed by atoms with Crippen LogP contribution in [0.4, 0.5) is 0 Å². The molecule has 2 aromatic rings. The van der Waals surface area contributed by atoms with Crippen LogP contribution in [-0.4, -0.2) is 13.2 Å². The molecule has 2 heteroatoms. The summed E-state index contributed by atoms with van der Waals surface area (Å²) in [5.74, 6) is 1.38. The van der Waals surface area contributed by atoms with Crippen LogP contribution in [0.3, 0.4) is 0 Å². The summed E-state index contributed by atoms with van der Waals surface area (Å²) in [4.78, 5) is 0. The van der Waals surface area contributed by atoms with Crippen LogP contribution in [0.2, 0.25) is 0 Å². The number of rotatable bonds is 7. The number of aryl methyl sites for hydroxylation is 2. The van der Waals surface area contributed by atoms with Gasteiger partial charge in [0.15, 0.2) is 0 Å². The van der Waals surface area contributed by atoms with Gasteiger partial charge in [-0.3, -0.25) is 0 Å². The van der Waals surface area contributed by atoms with E-state index in [0.29, 0.717) is 12.5 Å². The maximum absolute atomic E-state index is 5.95. The largest absolute Gasteiger partial charge is 0.494 e. The van der Waals surface area contributed by atoms with Crippen molar-refractivity contribution in [3.63, 3.8) is 0 Å². The molecule has 0 saturated carbocycles. The van der Waals surface area contributed by atoms with Gasteiger partial charge in [-0.2, -0.15) is 0 Å². The summed E-state index contributed by atoms with van der Waals surface area (Å²) >= 11 is 0. The van der Waals surface area contributed by atoms with E-state index in [9.17, 15) is 0 Å². The molecule has 1 unspecified atom stereocenters. The van der Waals surface area contributed by atoms with Crippen molar-refractivity contribution < 1.29 is 4.74 Å².